The molecule has 1 aliphatic rings. The van der Waals surface area contributed by atoms with Crippen molar-refractivity contribution < 1.29 is 4.79 Å². The number of aromatic nitrogens is 2. The third-order valence-electron chi connectivity index (χ3n) is 4.73. The Balaban J connectivity index is 1.64. The second kappa shape index (κ2) is 5.72. The van der Waals surface area contributed by atoms with Crippen molar-refractivity contribution in [2.24, 2.45) is 0 Å². The van der Waals surface area contributed by atoms with E-state index in [-0.39, 0.29) is 5.91 Å². The largest absolute Gasteiger partial charge is 0.358 e. The zero-order valence-corrected chi connectivity index (χ0v) is 14.9. The number of para-hydroxylation sites is 1. The van der Waals surface area contributed by atoms with Crippen LogP contribution in [0.2, 0.25) is 0 Å². The van der Waals surface area contributed by atoms with Gasteiger partial charge in [0.05, 0.1) is 16.8 Å². The first kappa shape index (κ1) is 15.4. The van der Waals surface area contributed by atoms with Gasteiger partial charge in [0.1, 0.15) is 0 Å². The molecule has 0 spiro atoms. The normalized spacial score (nSPS) is 14.8. The summed E-state index contributed by atoms with van der Waals surface area (Å²) >= 11 is 1.58. The molecule has 0 fully saturated rings. The average molecular weight is 340 g/mol. The van der Waals surface area contributed by atoms with Gasteiger partial charge in [0, 0.05) is 35.5 Å². The van der Waals surface area contributed by atoms with Crippen LogP contribution in [0.3, 0.4) is 0 Å². The van der Waals surface area contributed by atoms with Crippen LogP contribution < -0.4 is 5.32 Å². The molecule has 124 valence electrons. The number of aromatic amines is 1. The lowest BCUT2D eigenvalue weighted by atomic mass is 10.1. The molecule has 24 heavy (non-hydrogen) atoms. The highest BCUT2D eigenvalue weighted by Gasteiger charge is 2.20. The smallest absolute Gasteiger partial charge is 0.259 e. The molecular weight excluding hydrogens is 320 g/mol. The van der Waals surface area contributed by atoms with Crippen LogP contribution in [0.4, 0.5) is 5.13 Å². The van der Waals surface area contributed by atoms with Crippen LogP contribution in [-0.2, 0) is 13.0 Å². The number of rotatable bonds is 2. The number of aryl methyl sites for hydroxylation is 2. The van der Waals surface area contributed by atoms with E-state index in [2.05, 4.69) is 34.2 Å². The number of carbonyl (C=O) groups is 1. The van der Waals surface area contributed by atoms with Crippen molar-refractivity contribution >= 4 is 33.3 Å². The first-order chi connectivity index (χ1) is 11.5. The van der Waals surface area contributed by atoms with E-state index in [1.54, 1.807) is 11.3 Å². The van der Waals surface area contributed by atoms with Gasteiger partial charge in [-0.1, -0.05) is 12.1 Å². The Kier molecular flexibility index (Phi) is 3.66. The van der Waals surface area contributed by atoms with Gasteiger partial charge in [0.2, 0.25) is 0 Å². The third kappa shape index (κ3) is 2.52. The number of H-pyrrole nitrogens is 1. The number of nitrogens with zero attached hydrogens (tertiary/aromatic N) is 2. The number of amides is 1. The summed E-state index contributed by atoms with van der Waals surface area (Å²) in [5.41, 5.74) is 4.96. The SMILES string of the molecule is Cc1[nH]c2c(C(=O)Nc3nc4c(s3)CN(C)CC4)cccc2c1C. The molecule has 0 unspecified atom stereocenters. The number of anilines is 1. The summed E-state index contributed by atoms with van der Waals surface area (Å²) in [6, 6.07) is 5.83. The lowest BCUT2D eigenvalue weighted by molar-refractivity contribution is 0.102. The topological polar surface area (TPSA) is 61.0 Å². The summed E-state index contributed by atoms with van der Waals surface area (Å²) in [5, 5.41) is 4.77. The second-order valence-corrected chi connectivity index (χ2v) is 7.52. The van der Waals surface area contributed by atoms with Gasteiger partial charge in [-0.15, -0.1) is 11.3 Å². The number of thiazole rings is 1. The minimum absolute atomic E-state index is 0.110. The van der Waals surface area contributed by atoms with Crippen molar-refractivity contribution in [2.45, 2.75) is 26.8 Å². The highest BCUT2D eigenvalue weighted by Crippen LogP contribution is 2.29. The monoisotopic (exact) mass is 340 g/mol. The molecule has 0 aliphatic carbocycles. The average Bonchev–Trinajstić information content (AvgIpc) is 3.07. The zero-order chi connectivity index (χ0) is 16.8. The van der Waals surface area contributed by atoms with Crippen LogP contribution in [0.25, 0.3) is 10.9 Å². The molecule has 0 saturated carbocycles. The van der Waals surface area contributed by atoms with Crippen LogP contribution in [0.5, 0.6) is 0 Å². The third-order valence-corrected chi connectivity index (χ3v) is 5.73. The number of carbonyl (C=O) groups excluding carboxylic acids is 1. The number of nitrogens with one attached hydrogen (secondary N) is 2. The van der Waals surface area contributed by atoms with Gasteiger partial charge in [0.25, 0.3) is 5.91 Å². The summed E-state index contributed by atoms with van der Waals surface area (Å²) in [6.07, 6.45) is 0.947. The van der Waals surface area contributed by atoms with E-state index in [0.717, 1.165) is 41.8 Å². The highest BCUT2D eigenvalue weighted by molar-refractivity contribution is 7.15. The van der Waals surface area contributed by atoms with Gasteiger partial charge in [0.15, 0.2) is 5.13 Å². The standard InChI is InChI=1S/C18H20N4OS/c1-10-11(2)19-16-12(10)5-4-6-13(16)17(23)21-18-20-14-7-8-22(3)9-15(14)24-18/h4-6,19H,7-9H2,1-3H3,(H,20,21,23). The van der Waals surface area contributed by atoms with Crippen molar-refractivity contribution in [1.29, 1.82) is 0 Å². The molecule has 4 rings (SSSR count). The predicted octanol–water partition coefficient (Wildman–Crippen LogP) is 3.48. The summed E-state index contributed by atoms with van der Waals surface area (Å²) in [6.45, 7) is 6.03. The van der Waals surface area contributed by atoms with Crippen LogP contribution >= 0.6 is 11.3 Å². The van der Waals surface area contributed by atoms with Crippen molar-refractivity contribution in [3.63, 3.8) is 0 Å². The number of fused-ring (bicyclic) bond motifs is 2. The lowest BCUT2D eigenvalue weighted by Crippen LogP contribution is -2.25. The summed E-state index contributed by atoms with van der Waals surface area (Å²) in [7, 11) is 2.11. The van der Waals surface area contributed by atoms with Crippen LogP contribution in [0.15, 0.2) is 18.2 Å². The Morgan fingerprint density at radius 1 is 1.38 bits per heavy atom. The highest BCUT2D eigenvalue weighted by atomic mass is 32.1. The maximum atomic E-state index is 12.8. The molecule has 0 bridgehead atoms. The van der Waals surface area contributed by atoms with E-state index in [9.17, 15) is 4.79 Å². The second-order valence-electron chi connectivity index (χ2n) is 6.43. The predicted molar refractivity (Wildman–Crippen MR) is 97.9 cm³/mol. The van der Waals surface area contributed by atoms with E-state index < -0.39 is 0 Å². The lowest BCUT2D eigenvalue weighted by Gasteiger charge is -2.20. The number of hydrogen-bond acceptors (Lipinski definition) is 4. The molecule has 5 nitrogen and oxygen atoms in total. The summed E-state index contributed by atoms with van der Waals surface area (Å²) in [4.78, 5) is 24.2. The Morgan fingerprint density at radius 2 is 2.21 bits per heavy atom. The number of hydrogen-bond donors (Lipinski definition) is 2. The Labute approximate surface area is 144 Å². The van der Waals surface area contributed by atoms with Crippen LogP contribution in [-0.4, -0.2) is 34.4 Å². The summed E-state index contributed by atoms with van der Waals surface area (Å²) in [5.74, 6) is -0.110. The van der Waals surface area contributed by atoms with Gasteiger partial charge >= 0.3 is 0 Å². The van der Waals surface area contributed by atoms with Gasteiger partial charge < -0.3 is 9.88 Å². The molecule has 0 atom stereocenters. The Hall–Kier alpha value is -2.18. The number of benzene rings is 1. The van der Waals surface area contributed by atoms with E-state index in [4.69, 9.17) is 0 Å². The van der Waals surface area contributed by atoms with Gasteiger partial charge in [-0.05, 0) is 32.5 Å². The van der Waals surface area contributed by atoms with E-state index in [1.807, 2.05) is 25.1 Å². The molecule has 1 aliphatic heterocycles. The first-order valence-corrected chi connectivity index (χ1v) is 8.91. The maximum absolute atomic E-state index is 12.8. The van der Waals surface area contributed by atoms with E-state index >= 15 is 0 Å². The van der Waals surface area contributed by atoms with Crippen molar-refractivity contribution in [3.05, 3.63) is 45.6 Å². The molecule has 1 aromatic carbocycles. The molecule has 0 radical (unpaired) electrons. The molecule has 6 heteroatoms. The minimum atomic E-state index is -0.110. The van der Waals surface area contributed by atoms with Gasteiger partial charge in [-0.2, -0.15) is 0 Å². The number of likely N-dealkylation sites (N-methyl/N-ethyl adjacent to an activating group) is 1. The minimum Gasteiger partial charge on any atom is -0.358 e. The molecule has 2 N–H and O–H groups in total. The maximum Gasteiger partial charge on any atom is 0.259 e. The Morgan fingerprint density at radius 3 is 3.04 bits per heavy atom. The van der Waals surface area contributed by atoms with E-state index in [1.165, 1.54) is 10.4 Å². The quantitative estimate of drug-likeness (QED) is 0.751. The first-order valence-electron chi connectivity index (χ1n) is 8.09. The molecule has 3 heterocycles. The fourth-order valence-electron chi connectivity index (χ4n) is 3.21. The van der Waals surface area contributed by atoms with Gasteiger partial charge in [-0.3, -0.25) is 10.1 Å². The fraction of sp³-hybridized carbons (Fsp3) is 0.333. The molecular formula is C18H20N4OS. The summed E-state index contributed by atoms with van der Waals surface area (Å²) < 4.78 is 0. The molecule has 3 aromatic rings. The van der Waals surface area contributed by atoms with Crippen LogP contribution in [0, 0.1) is 13.8 Å². The van der Waals surface area contributed by atoms with Crippen LogP contribution in [0.1, 0.15) is 32.2 Å². The zero-order valence-electron chi connectivity index (χ0n) is 14.1. The molecule has 0 saturated heterocycles. The van der Waals surface area contributed by atoms with Crippen molar-refractivity contribution in [1.82, 2.24) is 14.9 Å². The fourth-order valence-corrected chi connectivity index (χ4v) is 4.30. The van der Waals surface area contributed by atoms with Crippen molar-refractivity contribution in [3.8, 4) is 0 Å². The van der Waals surface area contributed by atoms with Gasteiger partial charge in [-0.25, -0.2) is 4.98 Å². The molecule has 1 amide bonds. The van der Waals surface area contributed by atoms with E-state index in [0.29, 0.717) is 10.7 Å². The van der Waals surface area contributed by atoms with Crippen molar-refractivity contribution in [2.75, 3.05) is 18.9 Å². The Bertz CT molecular complexity index is 940. The molecule has 2 aromatic heterocycles.